The second-order valence-electron chi connectivity index (χ2n) is 5.01. The molecule has 1 saturated heterocycles. The first kappa shape index (κ1) is 16.4. The molecule has 0 aromatic carbocycles. The number of hydrogen-bond donors (Lipinski definition) is 2. The minimum Gasteiger partial charge on any atom is -0.351 e. The van der Waals surface area contributed by atoms with Gasteiger partial charge in [0.1, 0.15) is 0 Å². The van der Waals surface area contributed by atoms with Crippen molar-refractivity contribution in [2.45, 2.75) is 25.7 Å². The minimum absolute atomic E-state index is 0.126. The maximum atomic E-state index is 11.7. The summed E-state index contributed by atoms with van der Waals surface area (Å²) in [6, 6.07) is 0. The predicted molar refractivity (Wildman–Crippen MR) is 80.3 cm³/mol. The summed E-state index contributed by atoms with van der Waals surface area (Å²) in [7, 11) is 0. The lowest BCUT2D eigenvalue weighted by atomic mass is 10.1. The fraction of sp³-hybridized carbons (Fsp3) is 0.600. The molecular weight excluding hydrogens is 254 g/mol. The first-order valence-corrected chi connectivity index (χ1v) is 7.22. The van der Waals surface area contributed by atoms with Crippen LogP contribution in [0, 0.1) is 0 Å². The van der Waals surface area contributed by atoms with E-state index in [1.165, 1.54) is 32.0 Å². The van der Waals surface area contributed by atoms with Gasteiger partial charge < -0.3 is 15.5 Å². The van der Waals surface area contributed by atoms with Gasteiger partial charge in [-0.05, 0) is 51.4 Å². The van der Waals surface area contributed by atoms with Gasteiger partial charge in [0.15, 0.2) is 0 Å². The molecule has 0 atom stereocenters. The molecule has 1 fully saturated rings. The van der Waals surface area contributed by atoms with E-state index < -0.39 is 0 Å². The van der Waals surface area contributed by atoms with Crippen LogP contribution in [0.15, 0.2) is 24.8 Å². The van der Waals surface area contributed by atoms with Crippen molar-refractivity contribution in [1.29, 1.82) is 0 Å². The summed E-state index contributed by atoms with van der Waals surface area (Å²) in [5, 5.41) is 5.34. The molecule has 2 N–H and O–H groups in total. The van der Waals surface area contributed by atoms with E-state index in [0.29, 0.717) is 18.7 Å². The average molecular weight is 279 g/mol. The van der Waals surface area contributed by atoms with Gasteiger partial charge in [-0.1, -0.05) is 13.2 Å². The SMILES string of the molecule is C=CC(=O)NCCNC(=O)C(=C)CCCN1CCCC1. The largest absolute Gasteiger partial charge is 0.351 e. The van der Waals surface area contributed by atoms with E-state index in [2.05, 4.69) is 28.7 Å². The molecule has 0 unspecified atom stereocenters. The number of carbonyl (C=O) groups is 2. The number of amides is 2. The topological polar surface area (TPSA) is 61.4 Å². The van der Waals surface area contributed by atoms with Gasteiger partial charge in [0.05, 0.1) is 0 Å². The normalized spacial score (nSPS) is 14.8. The van der Waals surface area contributed by atoms with Crippen molar-refractivity contribution in [2.75, 3.05) is 32.7 Å². The van der Waals surface area contributed by atoms with E-state index in [4.69, 9.17) is 0 Å². The molecule has 5 heteroatoms. The van der Waals surface area contributed by atoms with E-state index in [1.54, 1.807) is 0 Å². The Labute approximate surface area is 121 Å². The van der Waals surface area contributed by atoms with Crippen LogP contribution < -0.4 is 10.6 Å². The molecule has 2 amide bonds. The Balaban J connectivity index is 2.04. The van der Waals surface area contributed by atoms with Crippen LogP contribution in [0.4, 0.5) is 0 Å². The molecular formula is C15H25N3O2. The van der Waals surface area contributed by atoms with Crippen LogP contribution in [0.2, 0.25) is 0 Å². The second kappa shape index (κ2) is 9.31. The van der Waals surface area contributed by atoms with Crippen LogP contribution in [0.5, 0.6) is 0 Å². The van der Waals surface area contributed by atoms with Crippen molar-refractivity contribution < 1.29 is 9.59 Å². The monoisotopic (exact) mass is 279 g/mol. The third kappa shape index (κ3) is 6.52. The van der Waals surface area contributed by atoms with Crippen LogP contribution in [0.25, 0.3) is 0 Å². The summed E-state index contributed by atoms with van der Waals surface area (Å²) in [5.74, 6) is -0.358. The molecule has 5 nitrogen and oxygen atoms in total. The lowest BCUT2D eigenvalue weighted by Gasteiger charge is -2.14. The summed E-state index contributed by atoms with van der Waals surface area (Å²) in [6.45, 7) is 11.4. The van der Waals surface area contributed by atoms with Crippen LogP contribution in [-0.4, -0.2) is 49.4 Å². The zero-order valence-corrected chi connectivity index (χ0v) is 12.1. The Bertz CT molecular complexity index is 360. The maximum absolute atomic E-state index is 11.7. The number of carbonyl (C=O) groups excluding carboxylic acids is 2. The Morgan fingerprint density at radius 2 is 1.80 bits per heavy atom. The van der Waals surface area contributed by atoms with Crippen molar-refractivity contribution in [3.63, 3.8) is 0 Å². The molecule has 1 heterocycles. The number of rotatable bonds is 9. The summed E-state index contributed by atoms with van der Waals surface area (Å²) < 4.78 is 0. The zero-order valence-electron chi connectivity index (χ0n) is 12.1. The smallest absolute Gasteiger partial charge is 0.246 e. The Hall–Kier alpha value is -1.62. The summed E-state index contributed by atoms with van der Waals surface area (Å²) in [4.78, 5) is 25.0. The highest BCUT2D eigenvalue weighted by atomic mass is 16.2. The van der Waals surface area contributed by atoms with E-state index >= 15 is 0 Å². The third-order valence-corrected chi connectivity index (χ3v) is 3.37. The maximum Gasteiger partial charge on any atom is 0.246 e. The molecule has 0 aliphatic carbocycles. The third-order valence-electron chi connectivity index (χ3n) is 3.37. The number of nitrogens with one attached hydrogen (secondary N) is 2. The van der Waals surface area contributed by atoms with Gasteiger partial charge in [-0.3, -0.25) is 9.59 Å². The first-order valence-electron chi connectivity index (χ1n) is 7.22. The molecule has 0 saturated carbocycles. The molecule has 1 rings (SSSR count). The average Bonchev–Trinajstić information content (AvgIpc) is 2.96. The Morgan fingerprint density at radius 1 is 1.15 bits per heavy atom. The van der Waals surface area contributed by atoms with Gasteiger partial charge >= 0.3 is 0 Å². The minimum atomic E-state index is -0.233. The molecule has 0 spiro atoms. The van der Waals surface area contributed by atoms with Crippen molar-refractivity contribution in [2.24, 2.45) is 0 Å². The first-order chi connectivity index (χ1) is 9.63. The lowest BCUT2D eigenvalue weighted by Crippen LogP contribution is -2.34. The predicted octanol–water partition coefficient (Wildman–Crippen LogP) is 0.837. The van der Waals surface area contributed by atoms with E-state index in [-0.39, 0.29) is 11.8 Å². The Morgan fingerprint density at radius 3 is 2.45 bits per heavy atom. The highest BCUT2D eigenvalue weighted by molar-refractivity contribution is 5.92. The van der Waals surface area contributed by atoms with Crippen molar-refractivity contribution in [1.82, 2.24) is 15.5 Å². The molecule has 0 aromatic heterocycles. The molecule has 112 valence electrons. The van der Waals surface area contributed by atoms with Crippen molar-refractivity contribution in [3.05, 3.63) is 24.8 Å². The molecule has 0 aromatic rings. The molecule has 1 aliphatic rings. The molecule has 0 radical (unpaired) electrons. The van der Waals surface area contributed by atoms with E-state index in [9.17, 15) is 9.59 Å². The molecule has 1 aliphatic heterocycles. The van der Waals surface area contributed by atoms with Gasteiger partial charge in [-0.2, -0.15) is 0 Å². The highest BCUT2D eigenvalue weighted by Crippen LogP contribution is 2.10. The van der Waals surface area contributed by atoms with E-state index in [1.807, 2.05) is 0 Å². The lowest BCUT2D eigenvalue weighted by molar-refractivity contribution is -0.118. The van der Waals surface area contributed by atoms with Crippen molar-refractivity contribution >= 4 is 11.8 Å². The van der Waals surface area contributed by atoms with Gasteiger partial charge in [0.2, 0.25) is 11.8 Å². The zero-order chi connectivity index (χ0) is 14.8. The van der Waals surface area contributed by atoms with E-state index in [0.717, 1.165) is 19.4 Å². The summed E-state index contributed by atoms with van der Waals surface area (Å²) >= 11 is 0. The van der Waals surface area contributed by atoms with Gasteiger partial charge in [0.25, 0.3) is 0 Å². The fourth-order valence-corrected chi connectivity index (χ4v) is 2.19. The van der Waals surface area contributed by atoms with Crippen LogP contribution in [-0.2, 0) is 9.59 Å². The fourth-order valence-electron chi connectivity index (χ4n) is 2.19. The Kier molecular flexibility index (Phi) is 7.65. The molecule has 20 heavy (non-hydrogen) atoms. The highest BCUT2D eigenvalue weighted by Gasteiger charge is 2.12. The molecule has 0 bridgehead atoms. The summed E-state index contributed by atoms with van der Waals surface area (Å²) in [5.41, 5.74) is 0.610. The van der Waals surface area contributed by atoms with Crippen LogP contribution in [0.1, 0.15) is 25.7 Å². The van der Waals surface area contributed by atoms with Crippen LogP contribution >= 0.6 is 0 Å². The number of likely N-dealkylation sites (tertiary alicyclic amines) is 1. The number of hydrogen-bond acceptors (Lipinski definition) is 3. The number of nitrogens with zero attached hydrogens (tertiary/aromatic N) is 1. The van der Waals surface area contributed by atoms with Gasteiger partial charge in [0, 0.05) is 18.7 Å². The standard InChI is InChI=1S/C15H25N3O2/c1-3-14(19)16-8-9-17-15(20)13(2)7-6-12-18-10-4-5-11-18/h3H,1-2,4-12H2,(H,16,19)(H,17,20). The van der Waals surface area contributed by atoms with Gasteiger partial charge in [-0.15, -0.1) is 0 Å². The van der Waals surface area contributed by atoms with Gasteiger partial charge in [-0.25, -0.2) is 0 Å². The van der Waals surface area contributed by atoms with Crippen LogP contribution in [0.3, 0.4) is 0 Å². The quantitative estimate of drug-likeness (QED) is 0.485. The van der Waals surface area contributed by atoms with Crippen molar-refractivity contribution in [3.8, 4) is 0 Å². The second-order valence-corrected chi connectivity index (χ2v) is 5.01. The summed E-state index contributed by atoms with van der Waals surface area (Å²) in [6.07, 6.45) is 5.48.